The normalized spacial score (nSPS) is 9.36. The fourth-order valence-corrected chi connectivity index (χ4v) is 2.39. The third-order valence-electron chi connectivity index (χ3n) is 3.44. The minimum absolute atomic E-state index is 0.174. The molecule has 0 aromatic heterocycles. The molecule has 0 aliphatic carbocycles. The molecule has 5 N–H and O–H groups in total. The molecule has 0 saturated heterocycles. The van der Waals surface area contributed by atoms with E-state index in [1.54, 1.807) is 18.2 Å². The number of fused-ring (bicyclic) bond motifs is 1. The Kier molecular flexibility index (Phi) is 7.22. The summed E-state index contributed by atoms with van der Waals surface area (Å²) in [5, 5.41) is 11.3. The van der Waals surface area contributed by atoms with Gasteiger partial charge in [0.25, 0.3) is 0 Å². The van der Waals surface area contributed by atoms with Gasteiger partial charge in [-0.05, 0) is 37.4 Å². The predicted octanol–water partition coefficient (Wildman–Crippen LogP) is 4.33. The van der Waals surface area contributed by atoms with Crippen LogP contribution in [0.15, 0.2) is 67.8 Å². The van der Waals surface area contributed by atoms with Gasteiger partial charge in [-0.1, -0.05) is 47.5 Å². The number of aromatic hydroxyl groups is 1. The summed E-state index contributed by atoms with van der Waals surface area (Å²) in [5.41, 5.74) is 13.8. The number of nitrogen functional groups attached to an aromatic ring is 1. The van der Waals surface area contributed by atoms with E-state index >= 15 is 0 Å². The lowest BCUT2D eigenvalue weighted by Crippen LogP contribution is -2.11. The summed E-state index contributed by atoms with van der Waals surface area (Å²) in [6, 6.07) is 16.8. The molecule has 0 bridgehead atoms. The number of phenols is 1. The molecule has 3 aromatic rings. The third-order valence-corrected chi connectivity index (χ3v) is 3.44. The maximum absolute atomic E-state index is 10.7. The van der Waals surface area contributed by atoms with Crippen molar-refractivity contribution < 1.29 is 9.90 Å². The van der Waals surface area contributed by atoms with E-state index in [9.17, 15) is 9.90 Å². The van der Waals surface area contributed by atoms with Gasteiger partial charge in [-0.2, -0.15) is 0 Å². The number of hydrogen-bond acceptors (Lipinski definition) is 3. The largest absolute Gasteiger partial charge is 0.505 e. The summed E-state index contributed by atoms with van der Waals surface area (Å²) in [4.78, 5) is 10.7. The van der Waals surface area contributed by atoms with Crippen LogP contribution in [0.4, 0.5) is 5.69 Å². The first kappa shape index (κ1) is 19.8. The Labute approximate surface area is 148 Å². The Balaban J connectivity index is 0.000000229. The number of benzene rings is 3. The van der Waals surface area contributed by atoms with E-state index < -0.39 is 0 Å². The van der Waals surface area contributed by atoms with Crippen LogP contribution in [0.3, 0.4) is 0 Å². The van der Waals surface area contributed by atoms with Crippen LogP contribution >= 0.6 is 0 Å². The van der Waals surface area contributed by atoms with Crippen molar-refractivity contribution in [3.8, 4) is 5.75 Å². The summed E-state index contributed by atoms with van der Waals surface area (Å²) in [5.74, 6) is -0.190. The molecule has 0 aliphatic rings. The number of anilines is 1. The Morgan fingerprint density at radius 3 is 2.08 bits per heavy atom. The molecule has 3 aromatic carbocycles. The molecule has 3 rings (SSSR count). The number of nitrogens with two attached hydrogens (primary N) is 2. The quantitative estimate of drug-likeness (QED) is 0.351. The van der Waals surface area contributed by atoms with Crippen LogP contribution in [0.2, 0.25) is 0 Å². The summed E-state index contributed by atoms with van der Waals surface area (Å²) in [6.45, 7) is 9.89. The van der Waals surface area contributed by atoms with Crippen LogP contribution in [0, 0.1) is 13.8 Å². The summed E-state index contributed by atoms with van der Waals surface area (Å²) >= 11 is 0. The molecule has 4 nitrogen and oxygen atoms in total. The van der Waals surface area contributed by atoms with Crippen molar-refractivity contribution >= 4 is 22.4 Å². The molecule has 130 valence electrons. The van der Waals surface area contributed by atoms with Crippen molar-refractivity contribution in [2.75, 3.05) is 5.73 Å². The molecule has 0 radical (unpaired) electrons. The third kappa shape index (κ3) is 5.39. The fourth-order valence-electron chi connectivity index (χ4n) is 2.39. The lowest BCUT2D eigenvalue weighted by molar-refractivity contribution is 0.1000. The minimum atomic E-state index is -0.364. The molecule has 1 amide bonds. The van der Waals surface area contributed by atoms with Gasteiger partial charge in [0.1, 0.15) is 5.75 Å². The van der Waals surface area contributed by atoms with Gasteiger partial charge in [0, 0.05) is 10.9 Å². The summed E-state index contributed by atoms with van der Waals surface area (Å²) in [6.07, 6.45) is 0. The van der Waals surface area contributed by atoms with Gasteiger partial charge in [-0.3, -0.25) is 4.79 Å². The van der Waals surface area contributed by atoms with Gasteiger partial charge in [0.05, 0.1) is 5.69 Å². The van der Waals surface area contributed by atoms with Crippen LogP contribution in [-0.4, -0.2) is 11.0 Å². The molecule has 4 heteroatoms. The van der Waals surface area contributed by atoms with Crippen molar-refractivity contribution in [3.05, 3.63) is 84.4 Å². The molecule has 25 heavy (non-hydrogen) atoms. The minimum Gasteiger partial charge on any atom is -0.505 e. The molecule has 0 unspecified atom stereocenters. The molecule has 0 aliphatic heterocycles. The monoisotopic (exact) mass is 336 g/mol. The van der Waals surface area contributed by atoms with E-state index in [0.29, 0.717) is 11.3 Å². The second kappa shape index (κ2) is 9.13. The highest BCUT2D eigenvalue weighted by atomic mass is 16.3. The fraction of sp³-hybridized carbons (Fsp3) is 0.0952. The first-order valence-corrected chi connectivity index (χ1v) is 7.73. The second-order valence-corrected chi connectivity index (χ2v) is 5.47. The van der Waals surface area contributed by atoms with Crippen LogP contribution in [0.25, 0.3) is 10.8 Å². The lowest BCUT2D eigenvalue weighted by atomic mass is 10.1. The second-order valence-electron chi connectivity index (χ2n) is 5.47. The average molecular weight is 336 g/mol. The predicted molar refractivity (Wildman–Crippen MR) is 106 cm³/mol. The maximum Gasteiger partial charge on any atom is 0.248 e. The number of phenolic OH excluding ortho intramolecular Hbond substituents is 1. The van der Waals surface area contributed by atoms with E-state index in [1.165, 1.54) is 0 Å². The molecule has 0 saturated carbocycles. The SMILES string of the molecule is C=C.Cc1cc(C)cc(C(N)=O)c1.Nc1ccc2ccccc2c1O. The van der Waals surface area contributed by atoms with Crippen LogP contribution in [-0.2, 0) is 0 Å². The summed E-state index contributed by atoms with van der Waals surface area (Å²) < 4.78 is 0. The molecule has 0 heterocycles. The van der Waals surface area contributed by atoms with Crippen molar-refractivity contribution in [2.45, 2.75) is 13.8 Å². The Morgan fingerprint density at radius 2 is 1.52 bits per heavy atom. The molecule has 0 spiro atoms. The zero-order chi connectivity index (χ0) is 19.0. The van der Waals surface area contributed by atoms with E-state index in [0.717, 1.165) is 21.9 Å². The Bertz CT molecular complexity index is 853. The number of amides is 1. The van der Waals surface area contributed by atoms with Gasteiger partial charge >= 0.3 is 0 Å². The zero-order valence-electron chi connectivity index (χ0n) is 14.6. The van der Waals surface area contributed by atoms with Crippen molar-refractivity contribution in [1.29, 1.82) is 0 Å². The lowest BCUT2D eigenvalue weighted by Gasteiger charge is -2.02. The van der Waals surface area contributed by atoms with E-state index in [2.05, 4.69) is 13.2 Å². The maximum atomic E-state index is 10.7. The summed E-state index contributed by atoms with van der Waals surface area (Å²) in [7, 11) is 0. The smallest absolute Gasteiger partial charge is 0.248 e. The highest BCUT2D eigenvalue weighted by Crippen LogP contribution is 2.29. The topological polar surface area (TPSA) is 89.3 Å². The Hall–Kier alpha value is -3.27. The van der Waals surface area contributed by atoms with E-state index in [-0.39, 0.29) is 11.7 Å². The number of aryl methyl sites for hydroxylation is 2. The van der Waals surface area contributed by atoms with Crippen molar-refractivity contribution in [2.24, 2.45) is 5.73 Å². The van der Waals surface area contributed by atoms with Crippen molar-refractivity contribution in [1.82, 2.24) is 0 Å². The highest BCUT2D eigenvalue weighted by Gasteiger charge is 2.01. The van der Waals surface area contributed by atoms with Crippen LogP contribution in [0.1, 0.15) is 21.5 Å². The molecular weight excluding hydrogens is 312 g/mol. The number of carbonyl (C=O) groups is 1. The number of carbonyl (C=O) groups excluding carboxylic acids is 1. The first-order chi connectivity index (χ1) is 11.9. The van der Waals surface area contributed by atoms with Gasteiger partial charge in [0.15, 0.2) is 0 Å². The van der Waals surface area contributed by atoms with E-state index in [4.69, 9.17) is 11.5 Å². The van der Waals surface area contributed by atoms with Gasteiger partial charge in [0.2, 0.25) is 5.91 Å². The van der Waals surface area contributed by atoms with E-state index in [1.807, 2.05) is 50.2 Å². The molecule has 0 atom stereocenters. The molecular formula is C21H24N2O2. The number of rotatable bonds is 1. The highest BCUT2D eigenvalue weighted by molar-refractivity contribution is 5.93. The van der Waals surface area contributed by atoms with Crippen molar-refractivity contribution in [3.63, 3.8) is 0 Å². The van der Waals surface area contributed by atoms with Gasteiger partial charge in [-0.15, -0.1) is 13.2 Å². The number of primary amides is 1. The van der Waals surface area contributed by atoms with Crippen LogP contribution in [0.5, 0.6) is 5.75 Å². The Morgan fingerprint density at radius 1 is 0.960 bits per heavy atom. The van der Waals surface area contributed by atoms with Crippen LogP contribution < -0.4 is 11.5 Å². The molecule has 0 fully saturated rings. The standard InChI is InChI=1S/C10H9NO.C9H11NO.C2H4/c11-9-6-5-7-3-1-2-4-8(7)10(9)12;1-6-3-7(2)5-8(4-6)9(10)11;1-2/h1-6,12H,11H2;3-5H,1-2H3,(H2,10,11);1-2H2. The first-order valence-electron chi connectivity index (χ1n) is 7.73. The average Bonchev–Trinajstić information content (AvgIpc) is 2.60. The zero-order valence-corrected chi connectivity index (χ0v) is 14.6. The van der Waals surface area contributed by atoms with Gasteiger partial charge < -0.3 is 16.6 Å². The number of hydrogen-bond donors (Lipinski definition) is 3. The van der Waals surface area contributed by atoms with Gasteiger partial charge in [-0.25, -0.2) is 0 Å².